The van der Waals surface area contributed by atoms with Crippen molar-refractivity contribution in [3.63, 3.8) is 0 Å². The maximum absolute atomic E-state index is 13.7. The summed E-state index contributed by atoms with van der Waals surface area (Å²) in [5.74, 6) is 0.0110. The van der Waals surface area contributed by atoms with Crippen LogP contribution in [-0.4, -0.2) is 34.0 Å². The average Bonchev–Trinajstić information content (AvgIpc) is 3.57. The first-order chi connectivity index (χ1) is 18.5. The molecule has 3 aromatic carbocycles. The number of nitrogens with zero attached hydrogens (tertiary/aromatic N) is 4. The van der Waals surface area contributed by atoms with E-state index in [1.807, 2.05) is 41.3 Å². The third kappa shape index (κ3) is 4.19. The van der Waals surface area contributed by atoms with Crippen LogP contribution in [-0.2, 0) is 11.2 Å². The van der Waals surface area contributed by atoms with E-state index in [9.17, 15) is 14.9 Å². The molecule has 0 spiro atoms. The minimum atomic E-state index is -0.354. The molecule has 0 unspecified atom stereocenters. The Bertz CT molecular complexity index is 1550. The zero-order chi connectivity index (χ0) is 26.4. The fourth-order valence-electron chi connectivity index (χ4n) is 5.13. The average molecular weight is 543 g/mol. The standard InChI is InChI=1S/C29H26N4O3S2/c1-3-5-14-32-27(34)26(28-31(4-2)24-8-6-7-9-25(24)37-28)38-29(32)30-20-10-12-22-18(16-20)15-19-17-21(33(35)36)11-13-23(19)22/h6-13,16-17H,3-5,14-15H2,1-2H3. The van der Waals surface area contributed by atoms with Gasteiger partial charge in [-0.2, -0.15) is 0 Å². The molecular weight excluding hydrogens is 516 g/mol. The number of thioether (sulfide) groups is 2. The summed E-state index contributed by atoms with van der Waals surface area (Å²) in [4.78, 5) is 35.5. The van der Waals surface area contributed by atoms with E-state index in [1.165, 1.54) is 11.8 Å². The number of benzene rings is 3. The molecule has 1 fully saturated rings. The quantitative estimate of drug-likeness (QED) is 0.144. The Kier molecular flexibility index (Phi) is 6.49. The highest BCUT2D eigenvalue weighted by Crippen LogP contribution is 2.50. The van der Waals surface area contributed by atoms with Gasteiger partial charge in [0.1, 0.15) is 9.93 Å². The number of hydrogen-bond donors (Lipinski definition) is 0. The molecule has 0 N–H and O–H groups in total. The zero-order valence-corrected chi connectivity index (χ0v) is 22.8. The molecule has 1 saturated heterocycles. The van der Waals surface area contributed by atoms with Gasteiger partial charge in [0.15, 0.2) is 5.17 Å². The van der Waals surface area contributed by atoms with Gasteiger partial charge in [-0.3, -0.25) is 19.8 Å². The molecule has 0 bridgehead atoms. The number of nitro groups is 1. The van der Waals surface area contributed by atoms with E-state index >= 15 is 0 Å². The van der Waals surface area contributed by atoms with Gasteiger partial charge in [0.2, 0.25) is 0 Å². The molecule has 2 heterocycles. The van der Waals surface area contributed by atoms with Gasteiger partial charge in [-0.15, -0.1) is 0 Å². The Balaban J connectivity index is 1.34. The number of carbonyl (C=O) groups is 1. The Morgan fingerprint density at radius 3 is 2.50 bits per heavy atom. The number of rotatable bonds is 6. The zero-order valence-electron chi connectivity index (χ0n) is 21.1. The van der Waals surface area contributed by atoms with E-state index < -0.39 is 0 Å². The largest absolute Gasteiger partial charge is 0.334 e. The normalized spacial score (nSPS) is 18.8. The summed E-state index contributed by atoms with van der Waals surface area (Å²) in [6.07, 6.45) is 2.52. The number of amides is 1. The van der Waals surface area contributed by atoms with Crippen molar-refractivity contribution in [2.24, 2.45) is 4.99 Å². The summed E-state index contributed by atoms with van der Waals surface area (Å²) < 4.78 is 0. The molecule has 3 aromatic rings. The predicted octanol–water partition coefficient (Wildman–Crippen LogP) is 7.33. The Morgan fingerprint density at radius 2 is 1.74 bits per heavy atom. The van der Waals surface area contributed by atoms with Crippen molar-refractivity contribution in [3.05, 3.63) is 91.8 Å². The molecular formula is C29H26N4O3S2. The van der Waals surface area contributed by atoms with Crippen molar-refractivity contribution in [2.45, 2.75) is 38.0 Å². The smallest absolute Gasteiger partial charge is 0.269 e. The molecule has 38 heavy (non-hydrogen) atoms. The van der Waals surface area contributed by atoms with E-state index in [0.29, 0.717) is 18.1 Å². The molecule has 7 nitrogen and oxygen atoms in total. The van der Waals surface area contributed by atoms with Gasteiger partial charge >= 0.3 is 0 Å². The van der Waals surface area contributed by atoms with Crippen LogP contribution >= 0.6 is 23.5 Å². The number of carbonyl (C=O) groups excluding carboxylic acids is 1. The van der Waals surface area contributed by atoms with Crippen LogP contribution in [0.25, 0.3) is 11.1 Å². The molecule has 3 aliphatic rings. The maximum atomic E-state index is 13.7. The topological polar surface area (TPSA) is 79.0 Å². The molecule has 0 radical (unpaired) electrons. The minimum absolute atomic E-state index is 0.0110. The van der Waals surface area contributed by atoms with Crippen molar-refractivity contribution in [3.8, 4) is 11.1 Å². The monoisotopic (exact) mass is 542 g/mol. The third-order valence-corrected chi connectivity index (χ3v) is 9.38. The predicted molar refractivity (Wildman–Crippen MR) is 155 cm³/mol. The number of amidine groups is 1. The molecule has 0 aromatic heterocycles. The summed E-state index contributed by atoms with van der Waals surface area (Å²) in [6.45, 7) is 5.63. The summed E-state index contributed by atoms with van der Waals surface area (Å²) in [6, 6.07) is 19.4. The number of non-ortho nitro benzene ring substituents is 1. The molecule has 0 saturated carbocycles. The van der Waals surface area contributed by atoms with Crippen LogP contribution in [0.2, 0.25) is 0 Å². The van der Waals surface area contributed by atoms with E-state index in [-0.39, 0.29) is 16.5 Å². The Labute approximate surface area is 229 Å². The number of nitro benzene ring substituents is 1. The van der Waals surface area contributed by atoms with E-state index in [4.69, 9.17) is 4.99 Å². The fraction of sp³-hybridized carbons (Fsp3) is 0.241. The minimum Gasteiger partial charge on any atom is -0.334 e. The van der Waals surface area contributed by atoms with Crippen LogP contribution in [0.15, 0.2) is 80.5 Å². The van der Waals surface area contributed by atoms with E-state index in [0.717, 1.165) is 67.8 Å². The number of hydrogen-bond acceptors (Lipinski definition) is 7. The molecule has 9 heteroatoms. The van der Waals surface area contributed by atoms with Crippen molar-refractivity contribution in [1.82, 2.24) is 4.90 Å². The Hall–Kier alpha value is -3.56. The third-order valence-electron chi connectivity index (χ3n) is 7.00. The number of fused-ring (bicyclic) bond motifs is 4. The van der Waals surface area contributed by atoms with Gasteiger partial charge in [-0.1, -0.05) is 43.3 Å². The van der Waals surface area contributed by atoms with Gasteiger partial charge < -0.3 is 4.90 Å². The van der Waals surface area contributed by atoms with E-state index in [1.54, 1.807) is 23.9 Å². The van der Waals surface area contributed by atoms with E-state index in [2.05, 4.69) is 30.9 Å². The SMILES string of the molecule is CCCCN1C(=O)C(=C2Sc3ccccc3N2CC)SC1=Nc1ccc2c(c1)Cc1cc([N+](=O)[O-])ccc1-2. The van der Waals surface area contributed by atoms with Crippen LogP contribution in [0.1, 0.15) is 37.8 Å². The number of unbranched alkanes of at least 4 members (excludes halogenated alkanes) is 1. The first kappa shape index (κ1) is 24.8. The lowest BCUT2D eigenvalue weighted by Gasteiger charge is -2.19. The number of anilines is 1. The Morgan fingerprint density at radius 1 is 0.974 bits per heavy atom. The van der Waals surface area contributed by atoms with Gasteiger partial charge in [0.05, 0.1) is 16.3 Å². The molecule has 1 aliphatic carbocycles. The van der Waals surface area contributed by atoms with Crippen LogP contribution in [0.3, 0.4) is 0 Å². The van der Waals surface area contributed by atoms with Gasteiger partial charge in [0.25, 0.3) is 11.6 Å². The van der Waals surface area contributed by atoms with Gasteiger partial charge in [0, 0.05) is 30.1 Å². The van der Waals surface area contributed by atoms with Gasteiger partial charge in [-0.05, 0) is 84.1 Å². The van der Waals surface area contributed by atoms with Crippen LogP contribution in [0.4, 0.5) is 17.1 Å². The van der Waals surface area contributed by atoms with Gasteiger partial charge in [-0.25, -0.2) is 4.99 Å². The second-order valence-corrected chi connectivity index (χ2v) is 11.4. The second kappa shape index (κ2) is 9.96. The van der Waals surface area contributed by atoms with Crippen molar-refractivity contribution in [2.75, 3.05) is 18.0 Å². The highest BCUT2D eigenvalue weighted by molar-refractivity contribution is 8.19. The second-order valence-electron chi connectivity index (χ2n) is 9.37. The van der Waals surface area contributed by atoms with Crippen molar-refractivity contribution >= 4 is 51.7 Å². The van der Waals surface area contributed by atoms with Crippen LogP contribution < -0.4 is 4.90 Å². The molecule has 1 amide bonds. The lowest BCUT2D eigenvalue weighted by Crippen LogP contribution is -2.30. The lowest BCUT2D eigenvalue weighted by molar-refractivity contribution is -0.384. The summed E-state index contributed by atoms with van der Waals surface area (Å²) in [7, 11) is 0. The number of para-hydroxylation sites is 1. The fourth-order valence-corrected chi connectivity index (χ4v) is 7.54. The van der Waals surface area contributed by atoms with Crippen LogP contribution in [0.5, 0.6) is 0 Å². The summed E-state index contributed by atoms with van der Waals surface area (Å²) in [5, 5.41) is 12.9. The number of aliphatic imine (C=N–C) groups is 1. The van der Waals surface area contributed by atoms with Crippen molar-refractivity contribution < 1.29 is 9.72 Å². The molecule has 0 atom stereocenters. The molecule has 192 valence electrons. The highest BCUT2D eigenvalue weighted by Gasteiger charge is 2.39. The molecule has 2 aliphatic heterocycles. The highest BCUT2D eigenvalue weighted by atomic mass is 32.2. The maximum Gasteiger partial charge on any atom is 0.269 e. The summed E-state index contributed by atoms with van der Waals surface area (Å²) in [5.41, 5.74) is 6.19. The van der Waals surface area contributed by atoms with Crippen LogP contribution in [0, 0.1) is 10.1 Å². The van der Waals surface area contributed by atoms with Crippen molar-refractivity contribution in [1.29, 1.82) is 0 Å². The molecule has 6 rings (SSSR count). The first-order valence-corrected chi connectivity index (χ1v) is 14.4. The summed E-state index contributed by atoms with van der Waals surface area (Å²) >= 11 is 3.10. The lowest BCUT2D eigenvalue weighted by atomic mass is 10.1. The first-order valence-electron chi connectivity index (χ1n) is 12.8.